The third-order valence-electron chi connectivity index (χ3n) is 4.59. The number of esters is 2. The first-order valence-corrected chi connectivity index (χ1v) is 11.7. The van der Waals surface area contributed by atoms with E-state index in [1.165, 1.54) is 52.1 Å². The summed E-state index contributed by atoms with van der Waals surface area (Å²) in [7, 11) is 1.51. The second-order valence-corrected chi connectivity index (χ2v) is 8.10. The molecule has 0 fully saturated rings. The van der Waals surface area contributed by atoms with Crippen LogP contribution >= 0.6 is 15.9 Å². The van der Waals surface area contributed by atoms with Gasteiger partial charge in [0, 0.05) is 17.3 Å². The Balaban J connectivity index is 2.07. The Morgan fingerprint density at radius 3 is 2.33 bits per heavy atom. The molecule has 0 aliphatic heterocycles. The quantitative estimate of drug-likeness (QED) is 0.112. The maximum atomic E-state index is 12.0. The fraction of sp³-hybridized carbons (Fsp3) is 0.583. The van der Waals surface area contributed by atoms with Gasteiger partial charge in [0.15, 0.2) is 11.5 Å². The molecule has 1 rings (SSSR count). The van der Waals surface area contributed by atoms with Gasteiger partial charge in [-0.05, 0) is 37.5 Å². The van der Waals surface area contributed by atoms with Gasteiger partial charge in [0.05, 0.1) is 7.11 Å². The van der Waals surface area contributed by atoms with E-state index in [0.29, 0.717) is 17.9 Å². The minimum Gasteiger partial charge on any atom is -0.493 e. The lowest BCUT2D eigenvalue weighted by Gasteiger charge is -2.09. The number of halogens is 1. The molecule has 0 atom stereocenters. The van der Waals surface area contributed by atoms with Gasteiger partial charge in [-0.15, -0.1) is 0 Å². The molecule has 30 heavy (non-hydrogen) atoms. The molecular formula is C24H35BrO5. The maximum absolute atomic E-state index is 12.0. The lowest BCUT2D eigenvalue weighted by molar-refractivity contribution is -0.142. The molecule has 0 aliphatic carbocycles. The van der Waals surface area contributed by atoms with E-state index in [4.69, 9.17) is 14.2 Å². The molecule has 0 saturated heterocycles. The summed E-state index contributed by atoms with van der Waals surface area (Å²) in [4.78, 5) is 23.7. The molecule has 0 unspecified atom stereocenters. The molecule has 168 valence electrons. The smallest absolute Gasteiger partial charge is 0.311 e. The fourth-order valence-electron chi connectivity index (χ4n) is 2.89. The van der Waals surface area contributed by atoms with E-state index in [1.807, 2.05) is 6.08 Å². The molecule has 6 heteroatoms. The fourth-order valence-corrected chi connectivity index (χ4v) is 3.23. The predicted octanol–water partition coefficient (Wildman–Crippen LogP) is 6.77. The van der Waals surface area contributed by atoms with Crippen molar-refractivity contribution in [2.45, 2.75) is 77.6 Å². The first-order valence-electron chi connectivity index (χ1n) is 10.9. The van der Waals surface area contributed by atoms with Crippen molar-refractivity contribution in [3.05, 3.63) is 34.8 Å². The molecule has 0 N–H and O–H groups in total. The summed E-state index contributed by atoms with van der Waals surface area (Å²) in [6.07, 6.45) is 14.8. The Morgan fingerprint density at radius 1 is 0.900 bits per heavy atom. The minimum absolute atomic E-state index is 0.141. The third kappa shape index (κ3) is 12.7. The van der Waals surface area contributed by atoms with Crippen LogP contribution in [0.3, 0.4) is 0 Å². The molecule has 1 aromatic carbocycles. The predicted molar refractivity (Wildman–Crippen MR) is 123 cm³/mol. The van der Waals surface area contributed by atoms with Crippen molar-refractivity contribution in [2.75, 3.05) is 13.7 Å². The van der Waals surface area contributed by atoms with Crippen LogP contribution in [0, 0.1) is 0 Å². The summed E-state index contributed by atoms with van der Waals surface area (Å²) >= 11 is 3.34. The number of rotatable bonds is 16. The number of hydrogen-bond donors (Lipinski definition) is 0. The average molecular weight is 483 g/mol. The number of unbranched alkanes of at least 4 members (excludes halogenated alkanes) is 7. The number of hydrogen-bond acceptors (Lipinski definition) is 5. The summed E-state index contributed by atoms with van der Waals surface area (Å²) in [5.74, 6) is 0.127. The molecule has 0 bridgehead atoms. The first kappa shape index (κ1) is 26.2. The zero-order valence-electron chi connectivity index (χ0n) is 18.3. The summed E-state index contributed by atoms with van der Waals surface area (Å²) < 4.78 is 16.5. The molecule has 5 nitrogen and oxygen atoms in total. The van der Waals surface area contributed by atoms with Gasteiger partial charge in [-0.1, -0.05) is 73.5 Å². The van der Waals surface area contributed by atoms with Crippen LogP contribution in [0.4, 0.5) is 0 Å². The zero-order valence-corrected chi connectivity index (χ0v) is 19.9. The van der Waals surface area contributed by atoms with E-state index in [0.717, 1.165) is 10.9 Å². The first-order chi connectivity index (χ1) is 14.6. The van der Waals surface area contributed by atoms with Gasteiger partial charge in [0.25, 0.3) is 0 Å². The van der Waals surface area contributed by atoms with Crippen LogP contribution in [0.1, 0.15) is 77.6 Å². The molecule has 0 radical (unpaired) electrons. The maximum Gasteiger partial charge on any atom is 0.311 e. The summed E-state index contributed by atoms with van der Waals surface area (Å²) in [6, 6.07) is 5.15. The van der Waals surface area contributed by atoms with Gasteiger partial charge >= 0.3 is 11.9 Å². The van der Waals surface area contributed by atoms with Crippen LogP contribution < -0.4 is 9.47 Å². The molecule has 0 aliphatic rings. The van der Waals surface area contributed by atoms with Crippen molar-refractivity contribution in [1.82, 2.24) is 0 Å². The highest BCUT2D eigenvalue weighted by Gasteiger charge is 2.11. The van der Waals surface area contributed by atoms with Crippen LogP contribution in [0.5, 0.6) is 11.5 Å². The highest BCUT2D eigenvalue weighted by Crippen LogP contribution is 2.30. The molecule has 0 spiro atoms. The number of benzene rings is 1. The summed E-state index contributed by atoms with van der Waals surface area (Å²) in [6.45, 7) is 2.52. The van der Waals surface area contributed by atoms with Crippen LogP contribution in [-0.4, -0.2) is 25.7 Å². The highest BCUT2D eigenvalue weighted by molar-refractivity contribution is 9.10. The van der Waals surface area contributed by atoms with Gasteiger partial charge in [0.1, 0.15) is 6.61 Å². The molecular weight excluding hydrogens is 448 g/mol. The Kier molecular flexibility index (Phi) is 14.8. The van der Waals surface area contributed by atoms with Gasteiger partial charge < -0.3 is 14.2 Å². The van der Waals surface area contributed by atoms with Crippen molar-refractivity contribution in [3.8, 4) is 11.5 Å². The van der Waals surface area contributed by atoms with E-state index < -0.39 is 5.97 Å². The van der Waals surface area contributed by atoms with E-state index in [-0.39, 0.29) is 25.4 Å². The van der Waals surface area contributed by atoms with Gasteiger partial charge in [-0.3, -0.25) is 9.59 Å². The molecule has 0 amide bonds. The number of methoxy groups -OCH3 is 1. The number of carbonyl (C=O) groups is 2. The van der Waals surface area contributed by atoms with Crippen LogP contribution in [0.2, 0.25) is 0 Å². The third-order valence-corrected chi connectivity index (χ3v) is 5.09. The van der Waals surface area contributed by atoms with Crippen molar-refractivity contribution in [1.29, 1.82) is 0 Å². The molecule has 0 aromatic heterocycles. The number of ether oxygens (including phenoxy) is 3. The number of allylic oxidation sites excluding steroid dienone is 1. The van der Waals surface area contributed by atoms with Crippen molar-refractivity contribution in [2.24, 2.45) is 0 Å². The Bertz CT molecular complexity index is 657. The van der Waals surface area contributed by atoms with E-state index in [9.17, 15) is 9.59 Å². The van der Waals surface area contributed by atoms with Crippen LogP contribution in [0.15, 0.2) is 34.8 Å². The molecule has 0 saturated carbocycles. The molecule has 0 heterocycles. The Hall–Kier alpha value is -1.82. The topological polar surface area (TPSA) is 61.8 Å². The van der Waals surface area contributed by atoms with E-state index in [1.54, 1.807) is 18.2 Å². The summed E-state index contributed by atoms with van der Waals surface area (Å²) in [5, 5.41) is 0. The zero-order chi connectivity index (χ0) is 22.0. The SMILES string of the molecule is CCCCCCCCC/C=C/COC(=O)CCCC(=O)Oc1ccc(Br)cc1OC. The summed E-state index contributed by atoms with van der Waals surface area (Å²) in [5.41, 5.74) is 0. The van der Waals surface area contributed by atoms with E-state index >= 15 is 0 Å². The lowest BCUT2D eigenvalue weighted by Crippen LogP contribution is -2.10. The van der Waals surface area contributed by atoms with Gasteiger partial charge in [0.2, 0.25) is 0 Å². The van der Waals surface area contributed by atoms with Crippen LogP contribution in [0.25, 0.3) is 0 Å². The monoisotopic (exact) mass is 482 g/mol. The second kappa shape index (κ2) is 16.9. The van der Waals surface area contributed by atoms with Crippen LogP contribution in [-0.2, 0) is 14.3 Å². The lowest BCUT2D eigenvalue weighted by atomic mass is 10.1. The minimum atomic E-state index is -0.405. The van der Waals surface area contributed by atoms with Crippen molar-refractivity contribution < 1.29 is 23.8 Å². The van der Waals surface area contributed by atoms with Crippen molar-refractivity contribution in [3.63, 3.8) is 0 Å². The highest BCUT2D eigenvalue weighted by atomic mass is 79.9. The second-order valence-electron chi connectivity index (χ2n) is 7.19. The van der Waals surface area contributed by atoms with Crippen molar-refractivity contribution >= 4 is 27.9 Å². The van der Waals surface area contributed by atoms with Gasteiger partial charge in [-0.2, -0.15) is 0 Å². The Labute approximate surface area is 189 Å². The van der Waals surface area contributed by atoms with Gasteiger partial charge in [-0.25, -0.2) is 0 Å². The standard InChI is InChI=1S/C24H35BrO5/c1-3-4-5-6-7-8-9-10-11-12-18-29-23(26)14-13-15-24(27)30-21-17-16-20(25)19-22(21)28-2/h11-12,16-17,19H,3-10,13-15,18H2,1-2H3/b12-11+. The number of carbonyl (C=O) groups excluding carboxylic acids is 2. The Morgan fingerprint density at radius 2 is 1.60 bits per heavy atom. The normalized spacial score (nSPS) is 10.9. The largest absolute Gasteiger partial charge is 0.493 e. The average Bonchev–Trinajstić information content (AvgIpc) is 2.73. The van der Waals surface area contributed by atoms with E-state index in [2.05, 4.69) is 28.9 Å². The molecule has 1 aromatic rings.